The summed E-state index contributed by atoms with van der Waals surface area (Å²) in [7, 11) is 3.02. The van der Waals surface area contributed by atoms with Crippen molar-refractivity contribution >= 4 is 41.5 Å². The number of imide groups is 1. The SMILES string of the molecule is C=C1C[C@@H](CC)N(C(=O)c2cc(OC)c(OCc3cc(CCC(=O)ON4C(=O)CCC4=O)cc(COc4cc5c(cc4OC)C(=O)N4CC(=C)C[C@H]4C=N5)c3)cc2C)C1. The van der Waals surface area contributed by atoms with Crippen LogP contribution in [0.2, 0.25) is 0 Å². The molecule has 3 aromatic carbocycles. The number of hydroxylamine groups is 2. The number of ether oxygens (including phenoxy) is 4. The van der Waals surface area contributed by atoms with Gasteiger partial charge in [0.05, 0.1) is 37.9 Å². The van der Waals surface area contributed by atoms with E-state index in [0.29, 0.717) is 64.4 Å². The lowest BCUT2D eigenvalue weighted by atomic mass is 10.0. The summed E-state index contributed by atoms with van der Waals surface area (Å²) in [4.78, 5) is 77.3. The second-order valence-electron chi connectivity index (χ2n) is 15.3. The van der Waals surface area contributed by atoms with Gasteiger partial charge in [-0.25, -0.2) is 4.79 Å². The van der Waals surface area contributed by atoms with Crippen LogP contribution in [-0.2, 0) is 38.9 Å². The molecule has 3 saturated heterocycles. The Morgan fingerprint density at radius 1 is 0.797 bits per heavy atom. The summed E-state index contributed by atoms with van der Waals surface area (Å²) in [6, 6.07) is 12.4. The van der Waals surface area contributed by atoms with E-state index in [0.717, 1.165) is 46.2 Å². The van der Waals surface area contributed by atoms with Gasteiger partial charge in [-0.1, -0.05) is 43.4 Å². The zero-order valence-electron chi connectivity index (χ0n) is 33.8. The van der Waals surface area contributed by atoms with E-state index in [1.807, 2.05) is 30.0 Å². The van der Waals surface area contributed by atoms with E-state index in [1.165, 1.54) is 14.2 Å². The summed E-state index contributed by atoms with van der Waals surface area (Å²) in [6.45, 7) is 13.2. The normalized spacial score (nSPS) is 18.6. The van der Waals surface area contributed by atoms with Gasteiger partial charge in [-0.05, 0) is 79.1 Å². The molecule has 4 aliphatic rings. The van der Waals surface area contributed by atoms with Crippen LogP contribution in [0.3, 0.4) is 0 Å². The van der Waals surface area contributed by atoms with Crippen molar-refractivity contribution in [3.05, 3.63) is 100 Å². The molecule has 0 aromatic heterocycles. The largest absolute Gasteiger partial charge is 0.493 e. The van der Waals surface area contributed by atoms with Crippen LogP contribution in [0.15, 0.2) is 71.8 Å². The number of carbonyl (C=O) groups excluding carboxylic acids is 5. The summed E-state index contributed by atoms with van der Waals surface area (Å²) >= 11 is 0. The number of methoxy groups -OCH3 is 2. The number of aliphatic imine (C=N–C) groups is 1. The first-order chi connectivity index (χ1) is 28.3. The Morgan fingerprint density at radius 2 is 1.42 bits per heavy atom. The molecule has 4 amide bonds. The number of carbonyl (C=O) groups is 5. The Balaban J connectivity index is 1.12. The second kappa shape index (κ2) is 17.2. The third-order valence-electron chi connectivity index (χ3n) is 11.0. The smallest absolute Gasteiger partial charge is 0.333 e. The van der Waals surface area contributed by atoms with E-state index >= 15 is 0 Å². The van der Waals surface area contributed by atoms with Crippen LogP contribution >= 0.6 is 0 Å². The fourth-order valence-electron chi connectivity index (χ4n) is 7.93. The van der Waals surface area contributed by atoms with Crippen LogP contribution in [0.4, 0.5) is 5.69 Å². The molecule has 2 atom stereocenters. The molecule has 7 rings (SSSR count). The zero-order chi connectivity index (χ0) is 42.0. The summed E-state index contributed by atoms with van der Waals surface area (Å²) in [5, 5.41) is 0.538. The lowest BCUT2D eigenvalue weighted by molar-refractivity contribution is -0.197. The standard InChI is InChI=1S/C45H48N4O10/c1-7-32-12-26(2)22-47(32)44(53)34-18-37(55-5)39(14-28(34)4)57-24-30-15-29(8-11-43(52)59-49-41(50)9-10-42(49)51)16-31(17-30)25-58-40-20-36-35(19-38(40)56-6)45(54)48-23-27(3)13-33(48)21-46-36/h14-21,32-33H,2-3,7-13,22-25H2,1,4-6H3/t32-,33+/m1/s1. The Kier molecular flexibility index (Phi) is 11.9. The molecule has 59 heavy (non-hydrogen) atoms. The molecule has 0 aliphatic carbocycles. The predicted molar refractivity (Wildman–Crippen MR) is 217 cm³/mol. The molecular weight excluding hydrogens is 757 g/mol. The first-order valence-electron chi connectivity index (χ1n) is 19.7. The van der Waals surface area contributed by atoms with Crippen LogP contribution in [0.25, 0.3) is 0 Å². The van der Waals surface area contributed by atoms with Crippen molar-refractivity contribution in [3.63, 3.8) is 0 Å². The van der Waals surface area contributed by atoms with Crippen molar-refractivity contribution in [1.29, 1.82) is 0 Å². The maximum absolute atomic E-state index is 13.7. The van der Waals surface area contributed by atoms with Gasteiger partial charge in [0.25, 0.3) is 23.6 Å². The second-order valence-corrected chi connectivity index (χ2v) is 15.3. The molecule has 14 heteroatoms. The van der Waals surface area contributed by atoms with Crippen LogP contribution < -0.4 is 18.9 Å². The van der Waals surface area contributed by atoms with Crippen molar-refractivity contribution in [2.24, 2.45) is 4.99 Å². The van der Waals surface area contributed by atoms with E-state index in [4.69, 9.17) is 23.8 Å². The van der Waals surface area contributed by atoms with Gasteiger partial charge in [0.2, 0.25) is 0 Å². The highest BCUT2D eigenvalue weighted by molar-refractivity contribution is 6.04. The van der Waals surface area contributed by atoms with Crippen molar-refractivity contribution in [3.8, 4) is 23.0 Å². The van der Waals surface area contributed by atoms with Gasteiger partial charge in [-0.3, -0.25) is 24.2 Å². The van der Waals surface area contributed by atoms with Crippen molar-refractivity contribution in [1.82, 2.24) is 14.9 Å². The molecule has 0 spiro atoms. The summed E-state index contributed by atoms with van der Waals surface area (Å²) in [6.07, 6.45) is 4.16. The van der Waals surface area contributed by atoms with E-state index in [9.17, 15) is 24.0 Å². The highest BCUT2D eigenvalue weighted by Gasteiger charge is 2.35. The molecule has 0 N–H and O–H groups in total. The highest BCUT2D eigenvalue weighted by atomic mass is 16.7. The average molecular weight is 805 g/mol. The number of amides is 4. The minimum atomic E-state index is -0.721. The molecule has 308 valence electrons. The van der Waals surface area contributed by atoms with Crippen LogP contribution in [-0.4, -0.2) is 90.1 Å². The molecule has 4 aliphatic heterocycles. The Labute approximate surface area is 343 Å². The average Bonchev–Trinajstić information content (AvgIpc) is 3.88. The Hall–Kier alpha value is -6.44. The summed E-state index contributed by atoms with van der Waals surface area (Å²) in [5.74, 6) is -0.464. The number of hydrogen-bond donors (Lipinski definition) is 0. The molecule has 0 unspecified atom stereocenters. The lowest BCUT2D eigenvalue weighted by Gasteiger charge is -2.24. The van der Waals surface area contributed by atoms with Crippen molar-refractivity contribution in [2.75, 3.05) is 27.3 Å². The van der Waals surface area contributed by atoms with E-state index in [1.54, 1.807) is 35.4 Å². The zero-order valence-corrected chi connectivity index (χ0v) is 33.8. The maximum atomic E-state index is 13.7. The fourth-order valence-corrected chi connectivity index (χ4v) is 7.93. The minimum Gasteiger partial charge on any atom is -0.493 e. The van der Waals surface area contributed by atoms with Gasteiger partial charge in [0.15, 0.2) is 23.0 Å². The van der Waals surface area contributed by atoms with Gasteiger partial charge < -0.3 is 33.6 Å². The van der Waals surface area contributed by atoms with Crippen molar-refractivity contribution in [2.45, 2.75) is 84.1 Å². The van der Waals surface area contributed by atoms with Gasteiger partial charge >= 0.3 is 5.97 Å². The van der Waals surface area contributed by atoms with Gasteiger partial charge in [-0.2, -0.15) is 0 Å². The Morgan fingerprint density at radius 3 is 2.08 bits per heavy atom. The molecule has 14 nitrogen and oxygen atoms in total. The third-order valence-corrected chi connectivity index (χ3v) is 11.0. The topological polar surface area (TPSA) is 154 Å². The van der Waals surface area contributed by atoms with Gasteiger partial charge in [-0.15, -0.1) is 5.06 Å². The minimum absolute atomic E-state index is 0.00155. The van der Waals surface area contributed by atoms with Gasteiger partial charge in [0, 0.05) is 49.8 Å². The van der Waals surface area contributed by atoms with Crippen LogP contribution in [0, 0.1) is 6.92 Å². The third kappa shape index (κ3) is 8.71. The van der Waals surface area contributed by atoms with E-state index in [-0.39, 0.29) is 62.8 Å². The molecule has 3 fully saturated rings. The number of aryl methyl sites for hydroxylation is 2. The quantitative estimate of drug-likeness (QED) is 0.133. The van der Waals surface area contributed by atoms with Crippen molar-refractivity contribution < 1.29 is 47.8 Å². The number of hydrogen-bond acceptors (Lipinski definition) is 11. The van der Waals surface area contributed by atoms with E-state index in [2.05, 4.69) is 25.1 Å². The summed E-state index contributed by atoms with van der Waals surface area (Å²) in [5.41, 5.74) is 6.37. The predicted octanol–water partition coefficient (Wildman–Crippen LogP) is 6.38. The van der Waals surface area contributed by atoms with Crippen LogP contribution in [0.5, 0.6) is 23.0 Å². The molecule has 4 heterocycles. The lowest BCUT2D eigenvalue weighted by Crippen LogP contribution is -2.35. The molecule has 0 bridgehead atoms. The van der Waals surface area contributed by atoms with Gasteiger partial charge in [0.1, 0.15) is 13.2 Å². The molecule has 0 radical (unpaired) electrons. The summed E-state index contributed by atoms with van der Waals surface area (Å²) < 4.78 is 24.0. The maximum Gasteiger partial charge on any atom is 0.333 e. The number of likely N-dealkylation sites (tertiary alicyclic amines) is 1. The number of nitrogens with zero attached hydrogens (tertiary/aromatic N) is 4. The van der Waals surface area contributed by atoms with E-state index < -0.39 is 17.8 Å². The fraction of sp³-hybridized carbons (Fsp3) is 0.378. The number of fused-ring (bicyclic) bond motifs is 2. The molecule has 3 aromatic rings. The Bertz CT molecular complexity index is 2270. The van der Waals surface area contributed by atoms with Crippen LogP contribution in [0.1, 0.15) is 88.4 Å². The molecule has 0 saturated carbocycles. The molecular formula is C45H48N4O10. The highest BCUT2D eigenvalue weighted by Crippen LogP contribution is 2.39. The first kappa shape index (κ1) is 40.7. The number of rotatable bonds is 14. The monoisotopic (exact) mass is 804 g/mol. The first-order valence-corrected chi connectivity index (χ1v) is 19.7. The number of benzene rings is 3.